The fraction of sp³-hybridized carbons (Fsp3) is 0.350. The average molecular weight is 362 g/mol. The minimum atomic E-state index is -0.235. The summed E-state index contributed by atoms with van der Waals surface area (Å²) < 4.78 is 11.1. The Balaban J connectivity index is 2.23. The van der Waals surface area contributed by atoms with Crippen molar-refractivity contribution in [3.05, 3.63) is 52.5 Å². The normalized spacial score (nSPS) is 10.4. The third-order valence-electron chi connectivity index (χ3n) is 3.88. The number of amides is 1. The molecule has 0 atom stereocenters. The van der Waals surface area contributed by atoms with Crippen molar-refractivity contribution in [2.24, 2.45) is 0 Å². The number of ether oxygens (including phenoxy) is 2. The number of para-hydroxylation sites is 1. The summed E-state index contributed by atoms with van der Waals surface area (Å²) in [6.07, 6.45) is 2.79. The second-order valence-electron chi connectivity index (χ2n) is 5.66. The lowest BCUT2D eigenvalue weighted by molar-refractivity contribution is 0.102. The van der Waals surface area contributed by atoms with Crippen LogP contribution in [-0.2, 0) is 6.42 Å². The predicted octanol–water partition coefficient (Wildman–Crippen LogP) is 5.34. The van der Waals surface area contributed by atoms with Crippen LogP contribution >= 0.6 is 11.6 Å². The number of hydrogen-bond acceptors (Lipinski definition) is 3. The molecule has 134 valence electrons. The number of unbranched alkanes of at least 4 members (excludes halogenated alkanes) is 1. The molecule has 2 aromatic carbocycles. The average Bonchev–Trinajstić information content (AvgIpc) is 2.63. The van der Waals surface area contributed by atoms with Crippen molar-refractivity contribution in [1.82, 2.24) is 0 Å². The van der Waals surface area contributed by atoms with Crippen LogP contribution in [0.1, 0.15) is 42.6 Å². The SMILES string of the molecule is CCCCOc1c(Cl)cc(C(=O)Nc2ccccc2CC)cc1OC. The van der Waals surface area contributed by atoms with Crippen LogP contribution in [0.15, 0.2) is 36.4 Å². The smallest absolute Gasteiger partial charge is 0.255 e. The van der Waals surface area contributed by atoms with E-state index in [1.807, 2.05) is 31.2 Å². The zero-order valence-corrected chi connectivity index (χ0v) is 15.7. The first-order chi connectivity index (χ1) is 12.1. The van der Waals surface area contributed by atoms with Crippen molar-refractivity contribution in [2.75, 3.05) is 19.0 Å². The van der Waals surface area contributed by atoms with Crippen LogP contribution in [0.25, 0.3) is 0 Å². The monoisotopic (exact) mass is 361 g/mol. The maximum atomic E-state index is 12.6. The van der Waals surface area contributed by atoms with E-state index in [2.05, 4.69) is 12.2 Å². The summed E-state index contributed by atoms with van der Waals surface area (Å²) in [5.74, 6) is 0.696. The lowest BCUT2D eigenvalue weighted by Crippen LogP contribution is -2.13. The van der Waals surface area contributed by atoms with Crippen LogP contribution < -0.4 is 14.8 Å². The van der Waals surface area contributed by atoms with Crippen LogP contribution in [0, 0.1) is 0 Å². The van der Waals surface area contributed by atoms with E-state index in [4.69, 9.17) is 21.1 Å². The van der Waals surface area contributed by atoms with Crippen LogP contribution in [0.3, 0.4) is 0 Å². The van der Waals surface area contributed by atoms with E-state index >= 15 is 0 Å². The molecule has 0 saturated heterocycles. The van der Waals surface area contributed by atoms with Gasteiger partial charge in [0.05, 0.1) is 18.7 Å². The molecule has 0 aliphatic rings. The Morgan fingerprint density at radius 3 is 2.64 bits per heavy atom. The molecule has 0 saturated carbocycles. The fourth-order valence-electron chi connectivity index (χ4n) is 2.45. The number of carbonyl (C=O) groups excluding carboxylic acids is 1. The molecule has 1 amide bonds. The minimum Gasteiger partial charge on any atom is -0.493 e. The highest BCUT2D eigenvalue weighted by molar-refractivity contribution is 6.32. The van der Waals surface area contributed by atoms with Gasteiger partial charge in [0.1, 0.15) is 0 Å². The molecule has 0 heterocycles. The van der Waals surface area contributed by atoms with E-state index in [1.54, 1.807) is 12.1 Å². The number of rotatable bonds is 8. The summed E-state index contributed by atoms with van der Waals surface area (Å²) in [5.41, 5.74) is 2.30. The molecule has 2 rings (SSSR count). The highest BCUT2D eigenvalue weighted by Gasteiger charge is 2.16. The lowest BCUT2D eigenvalue weighted by atomic mass is 10.1. The highest BCUT2D eigenvalue weighted by atomic mass is 35.5. The van der Waals surface area contributed by atoms with Crippen LogP contribution in [0.2, 0.25) is 5.02 Å². The van der Waals surface area contributed by atoms with Crippen LogP contribution in [0.5, 0.6) is 11.5 Å². The summed E-state index contributed by atoms with van der Waals surface area (Å²) in [6, 6.07) is 11.0. The summed E-state index contributed by atoms with van der Waals surface area (Å²) in [7, 11) is 1.53. The number of methoxy groups -OCH3 is 1. The Hall–Kier alpha value is -2.20. The third kappa shape index (κ3) is 4.89. The van der Waals surface area contributed by atoms with Crippen molar-refractivity contribution < 1.29 is 14.3 Å². The van der Waals surface area contributed by atoms with Crippen molar-refractivity contribution in [2.45, 2.75) is 33.1 Å². The molecule has 5 heteroatoms. The van der Waals surface area contributed by atoms with Gasteiger partial charge in [0.15, 0.2) is 11.5 Å². The zero-order valence-electron chi connectivity index (χ0n) is 14.9. The van der Waals surface area contributed by atoms with E-state index in [0.29, 0.717) is 28.7 Å². The fourth-order valence-corrected chi connectivity index (χ4v) is 2.72. The van der Waals surface area contributed by atoms with Gasteiger partial charge in [-0.3, -0.25) is 4.79 Å². The molecule has 0 unspecified atom stereocenters. The van der Waals surface area contributed by atoms with Crippen molar-refractivity contribution >= 4 is 23.2 Å². The largest absolute Gasteiger partial charge is 0.493 e. The highest BCUT2D eigenvalue weighted by Crippen LogP contribution is 2.36. The van der Waals surface area contributed by atoms with Crippen molar-refractivity contribution in [1.29, 1.82) is 0 Å². The Labute approximate surface area is 154 Å². The first-order valence-corrected chi connectivity index (χ1v) is 8.88. The number of hydrogen-bond donors (Lipinski definition) is 1. The molecule has 0 bridgehead atoms. The molecule has 0 aliphatic carbocycles. The number of benzene rings is 2. The maximum Gasteiger partial charge on any atom is 0.255 e. The number of anilines is 1. The summed E-state index contributed by atoms with van der Waals surface area (Å²) in [6.45, 7) is 4.69. The summed E-state index contributed by atoms with van der Waals surface area (Å²) in [4.78, 5) is 12.6. The van der Waals surface area contributed by atoms with E-state index in [9.17, 15) is 4.79 Å². The molecular formula is C20H24ClNO3. The Kier molecular flexibility index (Phi) is 7.14. The van der Waals surface area contributed by atoms with Gasteiger partial charge in [-0.1, -0.05) is 50.1 Å². The van der Waals surface area contributed by atoms with Gasteiger partial charge in [-0.25, -0.2) is 0 Å². The second kappa shape index (κ2) is 9.33. The first-order valence-electron chi connectivity index (χ1n) is 8.50. The van der Waals surface area contributed by atoms with Crippen LogP contribution in [-0.4, -0.2) is 19.6 Å². The molecule has 0 aromatic heterocycles. The molecule has 0 aliphatic heterocycles. The predicted molar refractivity (Wildman–Crippen MR) is 102 cm³/mol. The summed E-state index contributed by atoms with van der Waals surface area (Å²) >= 11 is 6.31. The molecule has 0 spiro atoms. The molecule has 2 aromatic rings. The quantitative estimate of drug-likeness (QED) is 0.645. The van der Waals surface area contributed by atoms with Gasteiger partial charge in [-0.2, -0.15) is 0 Å². The number of aryl methyl sites for hydroxylation is 1. The zero-order chi connectivity index (χ0) is 18.2. The van der Waals surface area contributed by atoms with Crippen molar-refractivity contribution in [3.63, 3.8) is 0 Å². The van der Waals surface area contributed by atoms with E-state index < -0.39 is 0 Å². The molecule has 0 radical (unpaired) electrons. The third-order valence-corrected chi connectivity index (χ3v) is 4.16. The van der Waals surface area contributed by atoms with Gasteiger partial charge in [0.25, 0.3) is 5.91 Å². The number of halogens is 1. The lowest BCUT2D eigenvalue weighted by Gasteiger charge is -2.15. The molecule has 0 fully saturated rings. The van der Waals surface area contributed by atoms with E-state index in [-0.39, 0.29) is 5.91 Å². The van der Waals surface area contributed by atoms with E-state index in [0.717, 1.165) is 30.5 Å². The standard InChI is InChI=1S/C20H24ClNO3/c1-4-6-11-25-19-16(21)12-15(13-18(19)24-3)20(23)22-17-10-8-7-9-14(17)5-2/h7-10,12-13H,4-6,11H2,1-3H3,(H,22,23). The van der Waals surface area contributed by atoms with Gasteiger partial charge in [-0.05, 0) is 36.6 Å². The Morgan fingerprint density at radius 1 is 1.20 bits per heavy atom. The number of carbonyl (C=O) groups is 1. The maximum absolute atomic E-state index is 12.6. The van der Waals surface area contributed by atoms with Gasteiger partial charge >= 0.3 is 0 Å². The second-order valence-corrected chi connectivity index (χ2v) is 6.06. The molecular weight excluding hydrogens is 338 g/mol. The van der Waals surface area contributed by atoms with Gasteiger partial charge in [-0.15, -0.1) is 0 Å². The van der Waals surface area contributed by atoms with Crippen molar-refractivity contribution in [3.8, 4) is 11.5 Å². The Morgan fingerprint density at radius 2 is 1.96 bits per heavy atom. The molecule has 25 heavy (non-hydrogen) atoms. The summed E-state index contributed by atoms with van der Waals surface area (Å²) in [5, 5.41) is 3.30. The van der Waals surface area contributed by atoms with Gasteiger partial charge in [0, 0.05) is 11.3 Å². The van der Waals surface area contributed by atoms with Gasteiger partial charge < -0.3 is 14.8 Å². The topological polar surface area (TPSA) is 47.6 Å². The van der Waals surface area contributed by atoms with Gasteiger partial charge in [0.2, 0.25) is 0 Å². The minimum absolute atomic E-state index is 0.235. The molecule has 1 N–H and O–H groups in total. The first kappa shape index (κ1) is 19.1. The Bertz CT molecular complexity index is 731. The van der Waals surface area contributed by atoms with E-state index in [1.165, 1.54) is 7.11 Å². The molecule has 4 nitrogen and oxygen atoms in total. The number of nitrogens with one attached hydrogen (secondary N) is 1. The van der Waals surface area contributed by atoms with Crippen LogP contribution in [0.4, 0.5) is 5.69 Å².